The SMILES string of the molecule is CCCCCCCC(=O)O.CCCCCCCCCC(=O)O.OC[C@@H](O)[C@H](O)[C@@H](O)CO. The molecule has 0 aliphatic heterocycles. The Kier molecular flexibility index (Phi) is 30.7. The smallest absolute Gasteiger partial charge is 0.303 e. The molecule has 0 aromatic carbocycles. The molecule has 0 aliphatic carbocycles. The van der Waals surface area contributed by atoms with E-state index in [2.05, 4.69) is 13.8 Å². The molecule has 0 rings (SSSR count). The van der Waals surface area contributed by atoms with Crippen molar-refractivity contribution in [3.63, 3.8) is 0 Å². The van der Waals surface area contributed by atoms with Gasteiger partial charge in [-0.25, -0.2) is 0 Å². The van der Waals surface area contributed by atoms with E-state index in [-0.39, 0.29) is 0 Å². The second-order valence-electron chi connectivity index (χ2n) is 7.81. The van der Waals surface area contributed by atoms with Crippen molar-refractivity contribution in [3.8, 4) is 0 Å². The van der Waals surface area contributed by atoms with E-state index in [1.807, 2.05) is 0 Å². The lowest BCUT2D eigenvalue weighted by molar-refractivity contribution is -0.138. The van der Waals surface area contributed by atoms with Crippen LogP contribution in [0.15, 0.2) is 0 Å². The first-order valence-electron chi connectivity index (χ1n) is 11.9. The van der Waals surface area contributed by atoms with Gasteiger partial charge in [-0.2, -0.15) is 0 Å². The summed E-state index contributed by atoms with van der Waals surface area (Å²) < 4.78 is 0. The van der Waals surface area contributed by atoms with Crippen molar-refractivity contribution >= 4 is 11.9 Å². The van der Waals surface area contributed by atoms with Gasteiger partial charge in [0.1, 0.15) is 18.3 Å². The monoisotopic (exact) mass is 468 g/mol. The van der Waals surface area contributed by atoms with Crippen LogP contribution < -0.4 is 0 Å². The van der Waals surface area contributed by atoms with Crippen molar-refractivity contribution in [1.82, 2.24) is 0 Å². The highest BCUT2D eigenvalue weighted by atomic mass is 16.4. The lowest BCUT2D eigenvalue weighted by atomic mass is 10.1. The molecule has 3 atom stereocenters. The molecule has 0 spiro atoms. The zero-order valence-electron chi connectivity index (χ0n) is 20.0. The van der Waals surface area contributed by atoms with Crippen LogP contribution in [0.1, 0.15) is 104 Å². The minimum absolute atomic E-state index is 0.337. The van der Waals surface area contributed by atoms with E-state index in [1.165, 1.54) is 51.4 Å². The van der Waals surface area contributed by atoms with Gasteiger partial charge in [-0.15, -0.1) is 0 Å². The van der Waals surface area contributed by atoms with Gasteiger partial charge in [-0.05, 0) is 12.8 Å². The number of aliphatic hydroxyl groups excluding tert-OH is 5. The van der Waals surface area contributed by atoms with Gasteiger partial charge < -0.3 is 35.7 Å². The van der Waals surface area contributed by atoms with Crippen molar-refractivity contribution in [1.29, 1.82) is 0 Å². The Morgan fingerprint density at radius 3 is 1.09 bits per heavy atom. The predicted molar refractivity (Wildman–Crippen MR) is 123 cm³/mol. The summed E-state index contributed by atoms with van der Waals surface area (Å²) in [5.74, 6) is -1.33. The molecule has 7 N–H and O–H groups in total. The predicted octanol–water partition coefficient (Wildman–Crippen LogP) is 2.70. The number of unbranched alkanes of at least 4 members (excludes halogenated alkanes) is 10. The fourth-order valence-corrected chi connectivity index (χ4v) is 2.59. The number of hydrogen-bond acceptors (Lipinski definition) is 7. The van der Waals surface area contributed by atoms with Gasteiger partial charge in [0.2, 0.25) is 0 Å². The molecule has 0 fully saturated rings. The summed E-state index contributed by atoms with van der Waals surface area (Å²) >= 11 is 0. The maximum atomic E-state index is 10.1. The summed E-state index contributed by atoms with van der Waals surface area (Å²) in [6.07, 6.45) is 10.2. The fraction of sp³-hybridized carbons (Fsp3) is 0.913. The zero-order valence-corrected chi connectivity index (χ0v) is 20.0. The minimum atomic E-state index is -1.49. The van der Waals surface area contributed by atoms with Gasteiger partial charge in [0.05, 0.1) is 13.2 Å². The highest BCUT2D eigenvalue weighted by Crippen LogP contribution is 2.08. The van der Waals surface area contributed by atoms with E-state index in [0.717, 1.165) is 25.7 Å². The number of carbonyl (C=O) groups is 2. The molecule has 0 saturated carbocycles. The molecule has 0 aromatic heterocycles. The third kappa shape index (κ3) is 30.9. The summed E-state index contributed by atoms with van der Waals surface area (Å²) in [4.78, 5) is 20.2. The fourth-order valence-electron chi connectivity index (χ4n) is 2.59. The summed E-state index contributed by atoms with van der Waals surface area (Å²) in [7, 11) is 0. The number of hydrogen-bond donors (Lipinski definition) is 7. The Hall–Kier alpha value is -1.26. The third-order valence-electron chi connectivity index (χ3n) is 4.65. The van der Waals surface area contributed by atoms with Crippen LogP contribution in [-0.4, -0.2) is 79.2 Å². The van der Waals surface area contributed by atoms with Gasteiger partial charge in [0, 0.05) is 12.8 Å². The van der Waals surface area contributed by atoms with Crippen LogP contribution in [-0.2, 0) is 9.59 Å². The molecule has 194 valence electrons. The molecule has 0 aromatic rings. The van der Waals surface area contributed by atoms with Gasteiger partial charge in [0.15, 0.2) is 0 Å². The maximum Gasteiger partial charge on any atom is 0.303 e. The summed E-state index contributed by atoms with van der Waals surface area (Å²) in [5, 5.41) is 59.2. The van der Waals surface area contributed by atoms with Crippen molar-refractivity contribution < 1.29 is 45.3 Å². The molecule has 0 amide bonds. The number of aliphatic carboxylic acids is 2. The second kappa shape index (κ2) is 27.8. The van der Waals surface area contributed by atoms with E-state index in [4.69, 9.17) is 35.7 Å². The van der Waals surface area contributed by atoms with E-state index < -0.39 is 43.5 Å². The second-order valence-corrected chi connectivity index (χ2v) is 7.81. The molecule has 32 heavy (non-hydrogen) atoms. The number of rotatable bonds is 18. The Bertz CT molecular complexity index is 395. The molecular weight excluding hydrogens is 420 g/mol. The van der Waals surface area contributed by atoms with E-state index in [9.17, 15) is 9.59 Å². The van der Waals surface area contributed by atoms with Crippen LogP contribution >= 0.6 is 0 Å². The first-order valence-corrected chi connectivity index (χ1v) is 11.9. The van der Waals surface area contributed by atoms with Crippen LogP contribution in [0.25, 0.3) is 0 Å². The van der Waals surface area contributed by atoms with Crippen molar-refractivity contribution in [2.24, 2.45) is 0 Å². The molecule has 0 bridgehead atoms. The first kappa shape index (κ1) is 35.3. The maximum absolute atomic E-state index is 10.1. The molecule has 9 heteroatoms. The molecule has 0 radical (unpaired) electrons. The topological polar surface area (TPSA) is 176 Å². The molecule has 0 heterocycles. The number of aliphatic hydroxyl groups is 5. The van der Waals surface area contributed by atoms with E-state index in [1.54, 1.807) is 0 Å². The lowest BCUT2D eigenvalue weighted by Gasteiger charge is -2.19. The molecular formula is C23H48O9. The quantitative estimate of drug-likeness (QED) is 0.149. The highest BCUT2D eigenvalue weighted by molar-refractivity contribution is 5.66. The molecule has 0 aliphatic rings. The normalized spacial score (nSPS) is 13.1. The molecule has 0 saturated heterocycles. The van der Waals surface area contributed by atoms with Gasteiger partial charge in [-0.3, -0.25) is 9.59 Å². The van der Waals surface area contributed by atoms with Crippen molar-refractivity contribution in [2.75, 3.05) is 13.2 Å². The van der Waals surface area contributed by atoms with E-state index in [0.29, 0.717) is 12.8 Å². The van der Waals surface area contributed by atoms with Gasteiger partial charge >= 0.3 is 11.9 Å². The number of carboxylic acids is 2. The standard InChI is InChI=1S/C10H20O2.C8H16O2.C5H12O5/c1-2-3-4-5-6-7-8-9-10(11)12;1-2-3-4-5-6-7-8(9)10;6-1-3(8)5(10)4(9)2-7/h2-9H2,1H3,(H,11,12);2-7H2,1H3,(H,9,10);3-10H,1-2H2/t;;3-,4+,5+. The Labute approximate surface area is 193 Å². The zero-order chi connectivity index (χ0) is 25.2. The van der Waals surface area contributed by atoms with Crippen LogP contribution in [0.5, 0.6) is 0 Å². The minimum Gasteiger partial charge on any atom is -0.481 e. The van der Waals surface area contributed by atoms with Crippen LogP contribution in [0, 0.1) is 0 Å². The summed E-state index contributed by atoms with van der Waals surface area (Å²) in [6, 6.07) is 0. The average molecular weight is 469 g/mol. The van der Waals surface area contributed by atoms with Gasteiger partial charge in [0.25, 0.3) is 0 Å². The van der Waals surface area contributed by atoms with E-state index >= 15 is 0 Å². The largest absolute Gasteiger partial charge is 0.481 e. The Morgan fingerprint density at radius 2 is 0.844 bits per heavy atom. The van der Waals surface area contributed by atoms with Crippen LogP contribution in [0.2, 0.25) is 0 Å². The Balaban J connectivity index is -0.000000397. The van der Waals surface area contributed by atoms with Crippen molar-refractivity contribution in [2.45, 2.75) is 122 Å². The van der Waals surface area contributed by atoms with Crippen LogP contribution in [0.4, 0.5) is 0 Å². The summed E-state index contributed by atoms with van der Waals surface area (Å²) in [6.45, 7) is 3.07. The third-order valence-corrected chi connectivity index (χ3v) is 4.65. The summed E-state index contributed by atoms with van der Waals surface area (Å²) in [5.41, 5.74) is 0. The van der Waals surface area contributed by atoms with Gasteiger partial charge in [-0.1, -0.05) is 78.1 Å². The average Bonchev–Trinajstić information content (AvgIpc) is 2.77. The molecule has 0 unspecified atom stereocenters. The first-order chi connectivity index (χ1) is 15.2. The van der Waals surface area contributed by atoms with Crippen LogP contribution in [0.3, 0.4) is 0 Å². The lowest BCUT2D eigenvalue weighted by Crippen LogP contribution is -2.41. The van der Waals surface area contributed by atoms with Crippen molar-refractivity contribution in [3.05, 3.63) is 0 Å². The molecule has 9 nitrogen and oxygen atoms in total. The highest BCUT2D eigenvalue weighted by Gasteiger charge is 2.22. The number of carboxylic acid groups (broad SMARTS) is 2. The Morgan fingerprint density at radius 1 is 0.562 bits per heavy atom.